The molecule has 1 saturated heterocycles. The van der Waals surface area contributed by atoms with Crippen LogP contribution in [0.2, 0.25) is 0 Å². The van der Waals surface area contributed by atoms with Gasteiger partial charge in [-0.25, -0.2) is 0 Å². The first-order chi connectivity index (χ1) is 8.04. The molecule has 98 valence electrons. The van der Waals surface area contributed by atoms with E-state index in [0.717, 1.165) is 6.42 Å². The van der Waals surface area contributed by atoms with Crippen LogP contribution in [0.25, 0.3) is 0 Å². The molecule has 0 aromatic rings. The van der Waals surface area contributed by atoms with Gasteiger partial charge >= 0.3 is 5.97 Å². The number of aliphatic carboxylic acids is 1. The maximum Gasteiger partial charge on any atom is 0.308 e. The lowest BCUT2D eigenvalue weighted by Crippen LogP contribution is -2.42. The van der Waals surface area contributed by atoms with Crippen molar-refractivity contribution >= 4 is 11.9 Å². The molecule has 0 saturated carbocycles. The Morgan fingerprint density at radius 2 is 2.24 bits per heavy atom. The van der Waals surface area contributed by atoms with Crippen LogP contribution in [-0.4, -0.2) is 48.7 Å². The van der Waals surface area contributed by atoms with E-state index in [0.29, 0.717) is 32.5 Å². The van der Waals surface area contributed by atoms with E-state index >= 15 is 0 Å². The number of hydrogen-bond donors (Lipinski definition) is 1. The van der Waals surface area contributed by atoms with Crippen molar-refractivity contribution in [2.75, 3.05) is 26.8 Å². The fourth-order valence-corrected chi connectivity index (χ4v) is 2.18. The standard InChI is InChI=1S/C12H21NO4/c1-9(8-17-2)6-11(14)13-5-3-4-10(7-13)12(15)16/h9-10H,3-8H2,1-2H3,(H,15,16)/t9?,10-/m1/s1. The number of carbonyl (C=O) groups is 2. The molecule has 5 nitrogen and oxygen atoms in total. The molecule has 5 heteroatoms. The zero-order valence-corrected chi connectivity index (χ0v) is 10.5. The average Bonchev–Trinajstić information content (AvgIpc) is 2.29. The van der Waals surface area contributed by atoms with Gasteiger partial charge in [-0.1, -0.05) is 6.92 Å². The zero-order chi connectivity index (χ0) is 12.8. The molecule has 1 rings (SSSR count). The van der Waals surface area contributed by atoms with Gasteiger partial charge < -0.3 is 14.7 Å². The molecule has 17 heavy (non-hydrogen) atoms. The Balaban J connectivity index is 2.43. The van der Waals surface area contributed by atoms with Gasteiger partial charge in [-0.3, -0.25) is 9.59 Å². The topological polar surface area (TPSA) is 66.8 Å². The second kappa shape index (κ2) is 6.59. The van der Waals surface area contributed by atoms with Gasteiger partial charge in [0.15, 0.2) is 0 Å². The van der Waals surface area contributed by atoms with Crippen molar-refractivity contribution in [1.82, 2.24) is 4.90 Å². The van der Waals surface area contributed by atoms with Crippen LogP contribution >= 0.6 is 0 Å². The van der Waals surface area contributed by atoms with Gasteiger partial charge in [0.2, 0.25) is 5.91 Å². The first kappa shape index (κ1) is 14.0. The van der Waals surface area contributed by atoms with Crippen LogP contribution in [-0.2, 0) is 14.3 Å². The quantitative estimate of drug-likeness (QED) is 0.781. The Kier molecular flexibility index (Phi) is 5.41. The molecular weight excluding hydrogens is 222 g/mol. The SMILES string of the molecule is COCC(C)CC(=O)N1CCC[C@@H](C(=O)O)C1. The molecule has 1 aliphatic heterocycles. The number of carboxylic acid groups (broad SMARTS) is 1. The molecule has 1 aliphatic rings. The van der Waals surface area contributed by atoms with Crippen LogP contribution in [0.5, 0.6) is 0 Å². The molecular formula is C12H21NO4. The average molecular weight is 243 g/mol. The van der Waals surface area contributed by atoms with E-state index in [1.165, 1.54) is 0 Å². The number of nitrogens with zero attached hydrogens (tertiary/aromatic N) is 1. The number of carboxylic acids is 1. The lowest BCUT2D eigenvalue weighted by Gasteiger charge is -2.31. The van der Waals surface area contributed by atoms with E-state index < -0.39 is 11.9 Å². The van der Waals surface area contributed by atoms with Crippen molar-refractivity contribution in [1.29, 1.82) is 0 Å². The first-order valence-corrected chi connectivity index (χ1v) is 6.04. The number of piperidine rings is 1. The minimum atomic E-state index is -0.799. The van der Waals surface area contributed by atoms with E-state index in [1.54, 1.807) is 12.0 Å². The minimum Gasteiger partial charge on any atom is -0.481 e. The van der Waals surface area contributed by atoms with Gasteiger partial charge in [-0.05, 0) is 18.8 Å². The zero-order valence-electron chi connectivity index (χ0n) is 10.5. The van der Waals surface area contributed by atoms with E-state index in [9.17, 15) is 9.59 Å². The van der Waals surface area contributed by atoms with Gasteiger partial charge in [0, 0.05) is 33.2 Å². The Labute approximate surface area is 102 Å². The lowest BCUT2D eigenvalue weighted by molar-refractivity contribution is -0.146. The molecule has 0 aliphatic carbocycles. The monoisotopic (exact) mass is 243 g/mol. The summed E-state index contributed by atoms with van der Waals surface area (Å²) in [5, 5.41) is 8.95. The number of ether oxygens (including phenoxy) is 1. The molecule has 0 spiro atoms. The number of hydrogen-bond acceptors (Lipinski definition) is 3. The van der Waals surface area contributed by atoms with Gasteiger partial charge in [-0.15, -0.1) is 0 Å². The minimum absolute atomic E-state index is 0.0421. The Hall–Kier alpha value is -1.10. The highest BCUT2D eigenvalue weighted by molar-refractivity contribution is 5.78. The molecule has 2 atom stereocenters. The van der Waals surface area contributed by atoms with Crippen LogP contribution in [0.1, 0.15) is 26.2 Å². The van der Waals surface area contributed by atoms with Gasteiger partial charge in [0.05, 0.1) is 5.92 Å². The molecule has 1 fully saturated rings. The van der Waals surface area contributed by atoms with Crippen LogP contribution in [0, 0.1) is 11.8 Å². The number of rotatable bonds is 5. The van der Waals surface area contributed by atoms with Crippen LogP contribution < -0.4 is 0 Å². The molecule has 1 unspecified atom stereocenters. The third-order valence-electron chi connectivity index (χ3n) is 3.10. The van der Waals surface area contributed by atoms with Crippen molar-refractivity contribution in [3.05, 3.63) is 0 Å². The molecule has 1 heterocycles. The Morgan fingerprint density at radius 1 is 1.53 bits per heavy atom. The smallest absolute Gasteiger partial charge is 0.308 e. The van der Waals surface area contributed by atoms with E-state index in [-0.39, 0.29) is 11.8 Å². The predicted octanol–water partition coefficient (Wildman–Crippen LogP) is 0.982. The maximum absolute atomic E-state index is 11.9. The predicted molar refractivity (Wildman–Crippen MR) is 62.6 cm³/mol. The van der Waals surface area contributed by atoms with Crippen LogP contribution in [0.3, 0.4) is 0 Å². The maximum atomic E-state index is 11.9. The summed E-state index contributed by atoms with van der Waals surface area (Å²) in [6.07, 6.45) is 1.88. The molecule has 1 amide bonds. The number of amides is 1. The Morgan fingerprint density at radius 3 is 2.82 bits per heavy atom. The fourth-order valence-electron chi connectivity index (χ4n) is 2.18. The van der Waals surface area contributed by atoms with Gasteiger partial charge in [0.1, 0.15) is 0 Å². The largest absolute Gasteiger partial charge is 0.481 e. The highest BCUT2D eigenvalue weighted by atomic mass is 16.5. The van der Waals surface area contributed by atoms with Crippen molar-refractivity contribution in [2.45, 2.75) is 26.2 Å². The molecule has 0 aromatic carbocycles. The summed E-state index contributed by atoms with van der Waals surface area (Å²) in [6, 6.07) is 0. The fraction of sp³-hybridized carbons (Fsp3) is 0.833. The summed E-state index contributed by atoms with van der Waals surface area (Å²) in [5.74, 6) is -0.976. The van der Waals surface area contributed by atoms with E-state index in [2.05, 4.69) is 0 Å². The van der Waals surface area contributed by atoms with E-state index in [4.69, 9.17) is 9.84 Å². The summed E-state index contributed by atoms with van der Waals surface area (Å²) >= 11 is 0. The van der Waals surface area contributed by atoms with Crippen molar-refractivity contribution in [3.63, 3.8) is 0 Å². The Bertz CT molecular complexity index is 280. The number of methoxy groups -OCH3 is 1. The van der Waals surface area contributed by atoms with Crippen molar-refractivity contribution in [3.8, 4) is 0 Å². The number of carbonyl (C=O) groups excluding carboxylic acids is 1. The molecule has 1 N–H and O–H groups in total. The van der Waals surface area contributed by atoms with Crippen molar-refractivity contribution in [2.24, 2.45) is 11.8 Å². The highest BCUT2D eigenvalue weighted by Gasteiger charge is 2.28. The summed E-state index contributed by atoms with van der Waals surface area (Å²) in [7, 11) is 1.61. The second-order valence-corrected chi connectivity index (χ2v) is 4.78. The van der Waals surface area contributed by atoms with Crippen LogP contribution in [0.15, 0.2) is 0 Å². The van der Waals surface area contributed by atoms with Gasteiger partial charge in [0.25, 0.3) is 0 Å². The lowest BCUT2D eigenvalue weighted by atomic mass is 9.97. The highest BCUT2D eigenvalue weighted by Crippen LogP contribution is 2.18. The first-order valence-electron chi connectivity index (χ1n) is 6.04. The molecule has 0 bridgehead atoms. The summed E-state index contributed by atoms with van der Waals surface area (Å²) in [6.45, 7) is 3.55. The third-order valence-corrected chi connectivity index (χ3v) is 3.10. The summed E-state index contributed by atoms with van der Waals surface area (Å²) in [5.41, 5.74) is 0. The summed E-state index contributed by atoms with van der Waals surface area (Å²) in [4.78, 5) is 24.5. The van der Waals surface area contributed by atoms with Crippen molar-refractivity contribution < 1.29 is 19.4 Å². The normalized spacial score (nSPS) is 22.2. The second-order valence-electron chi connectivity index (χ2n) is 4.78. The molecule has 0 radical (unpaired) electrons. The number of likely N-dealkylation sites (tertiary alicyclic amines) is 1. The van der Waals surface area contributed by atoms with Gasteiger partial charge in [-0.2, -0.15) is 0 Å². The van der Waals surface area contributed by atoms with E-state index in [1.807, 2.05) is 6.92 Å². The third kappa shape index (κ3) is 4.34. The summed E-state index contributed by atoms with van der Waals surface area (Å²) < 4.78 is 4.99. The molecule has 0 aromatic heterocycles. The van der Waals surface area contributed by atoms with Crippen LogP contribution in [0.4, 0.5) is 0 Å².